The lowest BCUT2D eigenvalue weighted by Gasteiger charge is -2.10. The number of nitrogens with zero attached hydrogens (tertiary/aromatic N) is 3. The summed E-state index contributed by atoms with van der Waals surface area (Å²) in [7, 11) is 0. The minimum atomic E-state index is -0.713. The number of anilines is 1. The van der Waals surface area contributed by atoms with Crippen molar-refractivity contribution >= 4 is 27.4 Å². The van der Waals surface area contributed by atoms with Crippen molar-refractivity contribution in [3.8, 4) is 0 Å². The van der Waals surface area contributed by atoms with Gasteiger partial charge in [0.1, 0.15) is 5.82 Å². The third kappa shape index (κ3) is 2.83. The number of aromatic nitrogens is 2. The number of halogens is 1. The molecule has 0 radical (unpaired) electrons. The number of hydrazine groups is 1. The Balaban J connectivity index is 2.44. The van der Waals surface area contributed by atoms with Crippen molar-refractivity contribution in [2.24, 2.45) is 5.84 Å². The topological polar surface area (TPSA) is 116 Å². The molecule has 0 saturated carbocycles. The molecule has 2 aromatic heterocycles. The highest BCUT2D eigenvalue weighted by molar-refractivity contribution is 9.10. The van der Waals surface area contributed by atoms with Crippen LogP contribution >= 0.6 is 15.9 Å². The second-order valence-electron chi connectivity index (χ2n) is 3.91. The summed E-state index contributed by atoms with van der Waals surface area (Å²) in [5.74, 6) is 5.81. The molecular formula is C11H10BrN5O3. The Morgan fingerprint density at radius 1 is 1.50 bits per heavy atom. The van der Waals surface area contributed by atoms with Crippen LogP contribution in [0, 0.1) is 10.1 Å². The number of nitrogens with one attached hydrogen (secondary N) is 1. The quantitative estimate of drug-likeness (QED) is 0.492. The number of hydrogen-bond donors (Lipinski definition) is 2. The lowest BCUT2D eigenvalue weighted by molar-refractivity contribution is -0.386. The normalized spacial score (nSPS) is 10.3. The Hall–Kier alpha value is -2.26. The van der Waals surface area contributed by atoms with Gasteiger partial charge in [-0.05, 0) is 22.0 Å². The van der Waals surface area contributed by atoms with Gasteiger partial charge in [-0.1, -0.05) is 6.07 Å². The highest BCUT2D eigenvalue weighted by Gasteiger charge is 2.16. The van der Waals surface area contributed by atoms with Crippen LogP contribution in [-0.4, -0.2) is 14.5 Å². The predicted octanol–water partition coefficient (Wildman–Crippen LogP) is 1.25. The number of nitrogens with two attached hydrogens (primary N) is 1. The van der Waals surface area contributed by atoms with E-state index in [0.717, 1.165) is 5.56 Å². The van der Waals surface area contributed by atoms with E-state index in [-0.39, 0.29) is 11.0 Å². The first-order valence-electron chi connectivity index (χ1n) is 5.47. The van der Waals surface area contributed by atoms with Gasteiger partial charge in [-0.25, -0.2) is 10.8 Å². The molecule has 0 aliphatic carbocycles. The van der Waals surface area contributed by atoms with E-state index in [1.54, 1.807) is 18.3 Å². The van der Waals surface area contributed by atoms with Crippen LogP contribution in [0.4, 0.5) is 11.5 Å². The van der Waals surface area contributed by atoms with Gasteiger partial charge in [-0.3, -0.25) is 14.9 Å². The smallest absolute Gasteiger partial charge is 0.333 e. The van der Waals surface area contributed by atoms with Gasteiger partial charge >= 0.3 is 5.69 Å². The number of nitro groups is 1. The Labute approximate surface area is 121 Å². The zero-order chi connectivity index (χ0) is 14.7. The average molecular weight is 340 g/mol. The van der Waals surface area contributed by atoms with Gasteiger partial charge in [0.2, 0.25) is 0 Å². The molecule has 2 rings (SSSR count). The Morgan fingerprint density at radius 2 is 2.25 bits per heavy atom. The molecule has 8 nitrogen and oxygen atoms in total. The molecule has 0 unspecified atom stereocenters. The van der Waals surface area contributed by atoms with E-state index in [9.17, 15) is 14.9 Å². The van der Waals surface area contributed by atoms with E-state index in [4.69, 9.17) is 5.84 Å². The molecule has 0 aliphatic heterocycles. The Bertz CT molecular complexity index is 715. The van der Waals surface area contributed by atoms with Gasteiger partial charge in [0.15, 0.2) is 0 Å². The second kappa shape index (κ2) is 5.80. The predicted molar refractivity (Wildman–Crippen MR) is 76.2 cm³/mol. The first-order chi connectivity index (χ1) is 9.52. The van der Waals surface area contributed by atoms with Gasteiger partial charge in [-0.15, -0.1) is 0 Å². The molecule has 0 atom stereocenters. The third-order valence-corrected chi connectivity index (χ3v) is 3.16. The van der Waals surface area contributed by atoms with E-state index in [1.807, 2.05) is 0 Å². The van der Waals surface area contributed by atoms with E-state index < -0.39 is 16.0 Å². The maximum Gasteiger partial charge on any atom is 0.333 e. The SMILES string of the molecule is NNc1ncccc1Cn1cc(Br)c(=O)c([N+](=O)[O-])c1. The summed E-state index contributed by atoms with van der Waals surface area (Å²) in [4.78, 5) is 25.7. The summed E-state index contributed by atoms with van der Waals surface area (Å²) in [5, 5.41) is 10.8. The van der Waals surface area contributed by atoms with Crippen LogP contribution in [0.25, 0.3) is 0 Å². The van der Waals surface area contributed by atoms with E-state index in [1.165, 1.54) is 17.0 Å². The molecular weight excluding hydrogens is 330 g/mol. The summed E-state index contributed by atoms with van der Waals surface area (Å²) in [6.45, 7) is 0.285. The van der Waals surface area contributed by atoms with Gasteiger partial charge in [0.05, 0.1) is 22.1 Å². The van der Waals surface area contributed by atoms with Crippen LogP contribution in [0.15, 0.2) is 40.0 Å². The van der Waals surface area contributed by atoms with Crippen LogP contribution in [-0.2, 0) is 6.54 Å². The number of hydrogen-bond acceptors (Lipinski definition) is 6. The second-order valence-corrected chi connectivity index (χ2v) is 4.76. The Morgan fingerprint density at radius 3 is 2.90 bits per heavy atom. The molecule has 0 aliphatic rings. The monoisotopic (exact) mass is 339 g/mol. The molecule has 0 amide bonds. The minimum absolute atomic E-state index is 0.123. The van der Waals surface area contributed by atoms with Crippen molar-refractivity contribution in [2.45, 2.75) is 6.54 Å². The molecule has 20 heavy (non-hydrogen) atoms. The summed E-state index contributed by atoms with van der Waals surface area (Å²) in [6, 6.07) is 3.50. The fourth-order valence-electron chi connectivity index (χ4n) is 1.69. The summed E-state index contributed by atoms with van der Waals surface area (Å²) < 4.78 is 1.64. The number of rotatable bonds is 4. The highest BCUT2D eigenvalue weighted by Crippen LogP contribution is 2.15. The summed E-state index contributed by atoms with van der Waals surface area (Å²) in [5.41, 5.74) is 2.03. The highest BCUT2D eigenvalue weighted by atomic mass is 79.9. The lowest BCUT2D eigenvalue weighted by atomic mass is 10.2. The van der Waals surface area contributed by atoms with E-state index in [2.05, 4.69) is 26.3 Å². The molecule has 104 valence electrons. The summed E-state index contributed by atoms with van der Waals surface area (Å²) >= 11 is 3.02. The fraction of sp³-hybridized carbons (Fsp3) is 0.0909. The zero-order valence-electron chi connectivity index (χ0n) is 10.1. The molecule has 3 N–H and O–H groups in total. The molecule has 9 heteroatoms. The number of nitrogen functional groups attached to an aromatic ring is 1. The largest absolute Gasteiger partial charge is 0.342 e. The van der Waals surface area contributed by atoms with E-state index >= 15 is 0 Å². The maximum absolute atomic E-state index is 11.6. The molecule has 0 spiro atoms. The van der Waals surface area contributed by atoms with Crippen LogP contribution in [0.5, 0.6) is 0 Å². The standard InChI is InChI=1S/C11H10BrN5O3/c12-8-5-16(6-9(10(8)18)17(19)20)4-7-2-1-3-14-11(7)15-13/h1-3,5-6H,4,13H2,(H,14,15). The first-order valence-corrected chi connectivity index (χ1v) is 6.26. The van der Waals surface area contributed by atoms with Crippen molar-refractivity contribution in [2.75, 3.05) is 5.43 Å². The molecule has 0 fully saturated rings. The molecule has 0 saturated heterocycles. The molecule has 0 bridgehead atoms. The maximum atomic E-state index is 11.6. The van der Waals surface area contributed by atoms with Crippen LogP contribution in [0.1, 0.15) is 5.56 Å². The van der Waals surface area contributed by atoms with Crippen molar-refractivity contribution in [1.29, 1.82) is 0 Å². The fourth-order valence-corrected chi connectivity index (χ4v) is 2.16. The van der Waals surface area contributed by atoms with Crippen molar-refractivity contribution in [3.63, 3.8) is 0 Å². The molecule has 2 heterocycles. The minimum Gasteiger partial charge on any atom is -0.342 e. The van der Waals surface area contributed by atoms with Crippen molar-refractivity contribution < 1.29 is 4.92 Å². The van der Waals surface area contributed by atoms with Gasteiger partial charge in [0.25, 0.3) is 5.43 Å². The Kier molecular flexibility index (Phi) is 4.11. The van der Waals surface area contributed by atoms with Crippen molar-refractivity contribution in [3.05, 3.63) is 61.1 Å². The van der Waals surface area contributed by atoms with E-state index in [0.29, 0.717) is 5.82 Å². The lowest BCUT2D eigenvalue weighted by Crippen LogP contribution is -2.15. The molecule has 2 aromatic rings. The van der Waals surface area contributed by atoms with Gasteiger partial charge in [-0.2, -0.15) is 0 Å². The van der Waals surface area contributed by atoms with Crippen molar-refractivity contribution in [1.82, 2.24) is 9.55 Å². The zero-order valence-corrected chi connectivity index (χ0v) is 11.7. The summed E-state index contributed by atoms with van der Waals surface area (Å²) in [6.07, 6.45) is 4.23. The van der Waals surface area contributed by atoms with Gasteiger partial charge in [0, 0.05) is 18.0 Å². The average Bonchev–Trinajstić information content (AvgIpc) is 2.43. The van der Waals surface area contributed by atoms with Crippen LogP contribution in [0.2, 0.25) is 0 Å². The van der Waals surface area contributed by atoms with Crippen LogP contribution < -0.4 is 16.7 Å². The third-order valence-electron chi connectivity index (χ3n) is 2.59. The van der Waals surface area contributed by atoms with Crippen LogP contribution in [0.3, 0.4) is 0 Å². The van der Waals surface area contributed by atoms with Gasteiger partial charge < -0.3 is 9.99 Å². The molecule has 0 aromatic carbocycles. The number of pyridine rings is 2. The first kappa shape index (κ1) is 14.2.